The van der Waals surface area contributed by atoms with Crippen LogP contribution in [0.25, 0.3) is 0 Å². The smallest absolute Gasteiger partial charge is 0.416 e. The van der Waals surface area contributed by atoms with Crippen molar-refractivity contribution in [1.82, 2.24) is 19.9 Å². The molecule has 0 saturated carbocycles. The second kappa shape index (κ2) is 8.39. The van der Waals surface area contributed by atoms with Crippen molar-refractivity contribution in [3.05, 3.63) is 71.2 Å². The second-order valence-corrected chi connectivity index (χ2v) is 6.54. The van der Waals surface area contributed by atoms with Crippen LogP contribution in [0, 0.1) is 0 Å². The van der Waals surface area contributed by atoms with Crippen LogP contribution in [0.15, 0.2) is 47.1 Å². The number of rotatable bonds is 7. The van der Waals surface area contributed by atoms with Crippen LogP contribution in [0.2, 0.25) is 0 Å². The van der Waals surface area contributed by atoms with Crippen LogP contribution in [-0.2, 0) is 25.7 Å². The zero-order valence-electron chi connectivity index (χ0n) is 15.5. The van der Waals surface area contributed by atoms with Gasteiger partial charge >= 0.3 is 6.18 Å². The molecule has 0 aliphatic heterocycles. The SMILES string of the molecule is CN(C)Cc1nc(Cc2cccc(C(F)(F)F)c2)nc(NCc2ccco2)n1. The van der Waals surface area contributed by atoms with E-state index in [1.54, 1.807) is 18.4 Å². The predicted molar refractivity (Wildman–Crippen MR) is 97.5 cm³/mol. The number of alkyl halides is 3. The highest BCUT2D eigenvalue weighted by molar-refractivity contribution is 5.30. The molecule has 0 radical (unpaired) electrons. The number of hydrogen-bond acceptors (Lipinski definition) is 6. The maximum absolute atomic E-state index is 12.9. The first kappa shape index (κ1) is 19.8. The van der Waals surface area contributed by atoms with Crippen LogP contribution in [-0.4, -0.2) is 33.9 Å². The Labute approximate surface area is 160 Å². The topological polar surface area (TPSA) is 67.1 Å². The van der Waals surface area contributed by atoms with Gasteiger partial charge in [0.15, 0.2) is 0 Å². The molecule has 3 aromatic rings. The van der Waals surface area contributed by atoms with Crippen LogP contribution >= 0.6 is 0 Å². The number of benzene rings is 1. The fourth-order valence-corrected chi connectivity index (χ4v) is 2.60. The van der Waals surface area contributed by atoms with Crippen LogP contribution in [0.3, 0.4) is 0 Å². The van der Waals surface area contributed by atoms with Crippen molar-refractivity contribution in [2.24, 2.45) is 0 Å². The van der Waals surface area contributed by atoms with E-state index in [-0.39, 0.29) is 6.42 Å². The molecule has 3 rings (SSSR count). The number of nitrogens with one attached hydrogen (secondary N) is 1. The van der Waals surface area contributed by atoms with Gasteiger partial charge in [-0.3, -0.25) is 0 Å². The lowest BCUT2D eigenvalue weighted by Crippen LogP contribution is -2.17. The van der Waals surface area contributed by atoms with Crippen molar-refractivity contribution >= 4 is 5.95 Å². The molecule has 0 bridgehead atoms. The Morgan fingerprint density at radius 2 is 1.82 bits per heavy atom. The fourth-order valence-electron chi connectivity index (χ4n) is 2.60. The van der Waals surface area contributed by atoms with Gasteiger partial charge in [-0.15, -0.1) is 0 Å². The average molecular weight is 391 g/mol. The van der Waals surface area contributed by atoms with E-state index in [0.29, 0.717) is 42.0 Å². The maximum Gasteiger partial charge on any atom is 0.416 e. The summed E-state index contributed by atoms with van der Waals surface area (Å²) in [4.78, 5) is 15.0. The Bertz CT molecular complexity index is 910. The summed E-state index contributed by atoms with van der Waals surface area (Å²) >= 11 is 0. The molecule has 1 N–H and O–H groups in total. The first-order valence-electron chi connectivity index (χ1n) is 8.60. The lowest BCUT2D eigenvalue weighted by atomic mass is 10.1. The molecular weight excluding hydrogens is 371 g/mol. The molecule has 0 unspecified atom stereocenters. The normalized spacial score (nSPS) is 11.8. The van der Waals surface area contributed by atoms with Crippen molar-refractivity contribution in [2.45, 2.75) is 25.7 Å². The molecule has 148 valence electrons. The highest BCUT2D eigenvalue weighted by atomic mass is 19.4. The van der Waals surface area contributed by atoms with Crippen LogP contribution in [0.4, 0.5) is 19.1 Å². The molecule has 1 aromatic carbocycles. The number of hydrogen-bond donors (Lipinski definition) is 1. The monoisotopic (exact) mass is 391 g/mol. The van der Waals surface area contributed by atoms with E-state index in [1.807, 2.05) is 25.1 Å². The zero-order chi connectivity index (χ0) is 20.1. The van der Waals surface area contributed by atoms with Crippen molar-refractivity contribution in [2.75, 3.05) is 19.4 Å². The predicted octanol–water partition coefficient (Wildman–Crippen LogP) is 3.75. The Hall–Kier alpha value is -2.94. The summed E-state index contributed by atoms with van der Waals surface area (Å²) < 4.78 is 44.1. The van der Waals surface area contributed by atoms with Gasteiger partial charge in [-0.1, -0.05) is 18.2 Å². The van der Waals surface area contributed by atoms with E-state index in [9.17, 15) is 13.2 Å². The van der Waals surface area contributed by atoms with E-state index in [4.69, 9.17) is 4.42 Å². The summed E-state index contributed by atoms with van der Waals surface area (Å²) in [6, 6.07) is 8.77. The number of nitrogens with zero attached hydrogens (tertiary/aromatic N) is 4. The number of anilines is 1. The second-order valence-electron chi connectivity index (χ2n) is 6.54. The van der Waals surface area contributed by atoms with Gasteiger partial charge in [-0.2, -0.15) is 23.1 Å². The molecular formula is C19H20F3N5O. The molecule has 0 aliphatic carbocycles. The van der Waals surface area contributed by atoms with Gasteiger partial charge in [0.05, 0.1) is 24.9 Å². The Morgan fingerprint density at radius 3 is 2.50 bits per heavy atom. The molecule has 6 nitrogen and oxygen atoms in total. The van der Waals surface area contributed by atoms with Crippen molar-refractivity contribution in [3.8, 4) is 0 Å². The maximum atomic E-state index is 12.9. The zero-order valence-corrected chi connectivity index (χ0v) is 15.5. The molecule has 0 aliphatic rings. The van der Waals surface area contributed by atoms with Gasteiger partial charge in [0.2, 0.25) is 5.95 Å². The molecule has 0 spiro atoms. The van der Waals surface area contributed by atoms with E-state index < -0.39 is 11.7 Å². The van der Waals surface area contributed by atoms with Crippen molar-refractivity contribution in [3.63, 3.8) is 0 Å². The number of halogens is 3. The van der Waals surface area contributed by atoms with Gasteiger partial charge in [-0.05, 0) is 37.9 Å². The summed E-state index contributed by atoms with van der Waals surface area (Å²) in [5, 5.41) is 3.07. The third-order valence-electron chi connectivity index (χ3n) is 3.80. The van der Waals surface area contributed by atoms with Crippen LogP contribution in [0.1, 0.15) is 28.5 Å². The number of aromatic nitrogens is 3. The highest BCUT2D eigenvalue weighted by Gasteiger charge is 2.30. The minimum absolute atomic E-state index is 0.169. The molecule has 9 heteroatoms. The summed E-state index contributed by atoms with van der Waals surface area (Å²) in [6.45, 7) is 0.870. The Kier molecular flexibility index (Phi) is 5.93. The fraction of sp³-hybridized carbons (Fsp3) is 0.316. The van der Waals surface area contributed by atoms with Gasteiger partial charge in [0.25, 0.3) is 0 Å². The molecule has 2 aromatic heterocycles. The first-order valence-corrected chi connectivity index (χ1v) is 8.60. The Balaban J connectivity index is 1.83. The van der Waals surface area contributed by atoms with E-state index in [1.165, 1.54) is 6.07 Å². The van der Waals surface area contributed by atoms with Crippen molar-refractivity contribution in [1.29, 1.82) is 0 Å². The lowest BCUT2D eigenvalue weighted by molar-refractivity contribution is -0.137. The van der Waals surface area contributed by atoms with Crippen molar-refractivity contribution < 1.29 is 17.6 Å². The molecule has 0 saturated heterocycles. The highest BCUT2D eigenvalue weighted by Crippen LogP contribution is 2.29. The summed E-state index contributed by atoms with van der Waals surface area (Å²) in [5.74, 6) is 2.00. The van der Waals surface area contributed by atoms with E-state index in [0.717, 1.165) is 12.1 Å². The lowest BCUT2D eigenvalue weighted by Gasteiger charge is -2.12. The van der Waals surface area contributed by atoms with Crippen LogP contribution < -0.4 is 5.32 Å². The van der Waals surface area contributed by atoms with Gasteiger partial charge < -0.3 is 14.6 Å². The minimum Gasteiger partial charge on any atom is -0.467 e. The van der Waals surface area contributed by atoms with Gasteiger partial charge in [-0.25, -0.2) is 4.98 Å². The summed E-state index contributed by atoms with van der Waals surface area (Å²) in [7, 11) is 3.76. The third kappa shape index (κ3) is 5.53. The first-order chi connectivity index (χ1) is 13.3. The summed E-state index contributed by atoms with van der Waals surface area (Å²) in [5.41, 5.74) is -0.211. The standard InChI is InChI=1S/C19H20F3N5O/c1-27(2)12-17-24-16(10-13-5-3-6-14(9-13)19(20,21)22)25-18(26-17)23-11-15-7-4-8-28-15/h3-9H,10-12H2,1-2H3,(H,23,24,25,26). The van der Waals surface area contributed by atoms with Gasteiger partial charge in [0.1, 0.15) is 17.4 Å². The molecule has 2 heterocycles. The molecule has 28 heavy (non-hydrogen) atoms. The quantitative estimate of drug-likeness (QED) is 0.662. The molecule has 0 fully saturated rings. The van der Waals surface area contributed by atoms with Crippen LogP contribution in [0.5, 0.6) is 0 Å². The minimum atomic E-state index is -4.39. The summed E-state index contributed by atoms with van der Waals surface area (Å²) in [6.07, 6.45) is -2.65. The largest absolute Gasteiger partial charge is 0.467 e. The van der Waals surface area contributed by atoms with E-state index in [2.05, 4.69) is 20.3 Å². The number of furan rings is 1. The Morgan fingerprint density at radius 1 is 1.04 bits per heavy atom. The third-order valence-corrected chi connectivity index (χ3v) is 3.80. The van der Waals surface area contributed by atoms with E-state index >= 15 is 0 Å². The molecule has 0 atom stereocenters. The molecule has 0 amide bonds. The van der Waals surface area contributed by atoms with Gasteiger partial charge in [0, 0.05) is 6.42 Å². The average Bonchev–Trinajstić information content (AvgIpc) is 3.12.